The summed E-state index contributed by atoms with van der Waals surface area (Å²) in [5.41, 5.74) is 4.28. The Labute approximate surface area is 145 Å². The van der Waals surface area contributed by atoms with Crippen LogP contribution in [-0.2, 0) is 4.79 Å². The van der Waals surface area contributed by atoms with E-state index in [9.17, 15) is 32.9 Å². The molecule has 1 atom stereocenters. The maximum atomic E-state index is 12.6. The molecule has 2 amide bonds. The van der Waals surface area contributed by atoms with Crippen molar-refractivity contribution in [2.75, 3.05) is 19.7 Å². The Hall–Kier alpha value is -2.85. The zero-order chi connectivity index (χ0) is 19.5. The van der Waals surface area contributed by atoms with Crippen LogP contribution in [0.4, 0.5) is 18.9 Å². The van der Waals surface area contributed by atoms with Crippen LogP contribution >= 0.6 is 0 Å². The number of benzene rings is 1. The fraction of sp³-hybridized carbons (Fsp3) is 0.467. The molecule has 1 aliphatic heterocycles. The van der Waals surface area contributed by atoms with Gasteiger partial charge in [-0.2, -0.15) is 13.2 Å². The normalized spacial score (nSPS) is 17.7. The number of primary amides is 1. The monoisotopic (exact) mass is 375 g/mol. The van der Waals surface area contributed by atoms with Crippen molar-refractivity contribution < 1.29 is 32.4 Å². The first-order chi connectivity index (χ1) is 12.1. The fourth-order valence-electron chi connectivity index (χ4n) is 2.66. The number of nitrogens with two attached hydrogens (primary N) is 1. The van der Waals surface area contributed by atoms with Gasteiger partial charge < -0.3 is 15.4 Å². The number of halogens is 3. The third-order valence-electron chi connectivity index (χ3n) is 3.91. The molecule has 0 aromatic heterocycles. The van der Waals surface area contributed by atoms with E-state index in [2.05, 4.69) is 4.74 Å². The van der Waals surface area contributed by atoms with E-state index in [1.54, 1.807) is 0 Å². The van der Waals surface area contributed by atoms with Crippen LogP contribution in [0.5, 0.6) is 5.75 Å². The van der Waals surface area contributed by atoms with Crippen LogP contribution in [0.2, 0.25) is 0 Å². The predicted octanol–water partition coefficient (Wildman–Crippen LogP) is 1.87. The molecule has 1 aromatic carbocycles. The molecule has 1 heterocycles. The summed E-state index contributed by atoms with van der Waals surface area (Å²) in [5.74, 6) is -2.24. The number of hydrogen-bond donors (Lipinski definition) is 1. The molecule has 0 saturated carbocycles. The van der Waals surface area contributed by atoms with Crippen LogP contribution in [0.25, 0.3) is 0 Å². The average molecular weight is 375 g/mol. The standard InChI is InChI=1S/C15H16F3N3O5/c16-15(17,18)8-26-10-3-4-12(21(24)25)11(6-10)14(23)20-5-1-2-9(7-20)13(19)22/h3-4,6,9H,1-2,5,7-8H2,(H2,19,22). The second-order valence-corrected chi connectivity index (χ2v) is 5.83. The quantitative estimate of drug-likeness (QED) is 0.623. The molecule has 2 rings (SSSR count). The highest BCUT2D eigenvalue weighted by molar-refractivity contribution is 5.99. The van der Waals surface area contributed by atoms with Crippen LogP contribution in [0.3, 0.4) is 0 Å². The Balaban J connectivity index is 2.28. The van der Waals surface area contributed by atoms with Gasteiger partial charge in [0.2, 0.25) is 5.91 Å². The summed E-state index contributed by atoms with van der Waals surface area (Å²) in [6.07, 6.45) is -3.61. The van der Waals surface area contributed by atoms with Crippen molar-refractivity contribution in [2.45, 2.75) is 19.0 Å². The Morgan fingerprint density at radius 1 is 1.38 bits per heavy atom. The van der Waals surface area contributed by atoms with Crippen LogP contribution in [0.15, 0.2) is 18.2 Å². The summed E-state index contributed by atoms with van der Waals surface area (Å²) in [6.45, 7) is -1.34. The lowest BCUT2D eigenvalue weighted by atomic mass is 9.96. The summed E-state index contributed by atoms with van der Waals surface area (Å²) in [6, 6.07) is 2.80. The molecule has 0 bridgehead atoms. The van der Waals surface area contributed by atoms with Gasteiger partial charge in [-0.15, -0.1) is 0 Å². The number of alkyl halides is 3. The minimum atomic E-state index is -4.59. The molecule has 0 radical (unpaired) electrons. The summed E-state index contributed by atoms with van der Waals surface area (Å²) >= 11 is 0. The molecule has 26 heavy (non-hydrogen) atoms. The summed E-state index contributed by atoms with van der Waals surface area (Å²) in [5, 5.41) is 11.1. The van der Waals surface area contributed by atoms with E-state index in [-0.39, 0.29) is 18.8 Å². The number of likely N-dealkylation sites (tertiary alicyclic amines) is 1. The smallest absolute Gasteiger partial charge is 0.422 e. The third-order valence-corrected chi connectivity index (χ3v) is 3.91. The Kier molecular flexibility index (Phi) is 5.68. The van der Waals surface area contributed by atoms with Crippen LogP contribution in [0.1, 0.15) is 23.2 Å². The number of nitro benzene ring substituents is 1. The van der Waals surface area contributed by atoms with Crippen molar-refractivity contribution in [3.05, 3.63) is 33.9 Å². The molecule has 0 aliphatic carbocycles. The van der Waals surface area contributed by atoms with Gasteiger partial charge >= 0.3 is 6.18 Å². The van der Waals surface area contributed by atoms with E-state index in [0.29, 0.717) is 12.8 Å². The highest BCUT2D eigenvalue weighted by Gasteiger charge is 2.32. The Morgan fingerprint density at radius 3 is 2.65 bits per heavy atom. The molecule has 2 N–H and O–H groups in total. The number of carbonyl (C=O) groups excluding carboxylic acids is 2. The number of piperidine rings is 1. The molecule has 1 fully saturated rings. The minimum absolute atomic E-state index is 0.00103. The first kappa shape index (κ1) is 19.5. The van der Waals surface area contributed by atoms with E-state index in [0.717, 1.165) is 18.2 Å². The van der Waals surface area contributed by atoms with Gasteiger partial charge in [0.25, 0.3) is 11.6 Å². The molecule has 1 aliphatic rings. The molecule has 142 valence electrons. The topological polar surface area (TPSA) is 116 Å². The van der Waals surface area contributed by atoms with Crippen LogP contribution in [-0.4, -0.2) is 47.5 Å². The first-order valence-corrected chi connectivity index (χ1v) is 7.65. The van der Waals surface area contributed by atoms with Crippen LogP contribution < -0.4 is 10.5 Å². The summed E-state index contributed by atoms with van der Waals surface area (Å²) in [4.78, 5) is 35.5. The number of rotatable bonds is 5. The first-order valence-electron chi connectivity index (χ1n) is 7.65. The molecule has 8 nitrogen and oxygen atoms in total. The largest absolute Gasteiger partial charge is 0.484 e. The van der Waals surface area contributed by atoms with Crippen molar-refractivity contribution in [1.29, 1.82) is 0 Å². The van der Waals surface area contributed by atoms with Crippen LogP contribution in [0, 0.1) is 16.0 Å². The lowest BCUT2D eigenvalue weighted by Crippen LogP contribution is -2.44. The van der Waals surface area contributed by atoms with Gasteiger partial charge in [-0.05, 0) is 25.0 Å². The highest BCUT2D eigenvalue weighted by Crippen LogP contribution is 2.28. The number of carbonyl (C=O) groups is 2. The Morgan fingerprint density at radius 2 is 2.08 bits per heavy atom. The van der Waals surface area contributed by atoms with E-state index in [1.165, 1.54) is 4.90 Å². The molecular formula is C15H16F3N3O5. The molecule has 1 saturated heterocycles. The van der Waals surface area contributed by atoms with Crippen molar-refractivity contribution in [2.24, 2.45) is 11.7 Å². The van der Waals surface area contributed by atoms with Gasteiger partial charge in [0.05, 0.1) is 10.8 Å². The molecule has 11 heteroatoms. The number of hydrogen-bond acceptors (Lipinski definition) is 5. The summed E-state index contributed by atoms with van der Waals surface area (Å²) < 4.78 is 41.3. The molecule has 1 aromatic rings. The van der Waals surface area contributed by atoms with E-state index < -0.39 is 46.7 Å². The number of nitro groups is 1. The van der Waals surface area contributed by atoms with Gasteiger partial charge in [0.1, 0.15) is 11.3 Å². The molecule has 1 unspecified atom stereocenters. The number of amides is 2. The van der Waals surface area contributed by atoms with Gasteiger partial charge in [-0.25, -0.2) is 0 Å². The second-order valence-electron chi connectivity index (χ2n) is 5.83. The van der Waals surface area contributed by atoms with Crippen molar-refractivity contribution in [3.8, 4) is 5.75 Å². The molecular weight excluding hydrogens is 359 g/mol. The van der Waals surface area contributed by atoms with Gasteiger partial charge in [-0.1, -0.05) is 0 Å². The van der Waals surface area contributed by atoms with Gasteiger partial charge in [-0.3, -0.25) is 19.7 Å². The summed E-state index contributed by atoms with van der Waals surface area (Å²) in [7, 11) is 0. The van der Waals surface area contributed by atoms with Crippen molar-refractivity contribution in [1.82, 2.24) is 4.90 Å². The van der Waals surface area contributed by atoms with Gasteiger partial charge in [0.15, 0.2) is 6.61 Å². The maximum absolute atomic E-state index is 12.6. The Bertz CT molecular complexity index is 723. The number of ether oxygens (including phenoxy) is 1. The van der Waals surface area contributed by atoms with Crippen molar-refractivity contribution >= 4 is 17.5 Å². The zero-order valence-corrected chi connectivity index (χ0v) is 13.5. The minimum Gasteiger partial charge on any atom is -0.484 e. The van der Waals surface area contributed by atoms with Crippen molar-refractivity contribution in [3.63, 3.8) is 0 Å². The average Bonchev–Trinajstić information content (AvgIpc) is 2.58. The SMILES string of the molecule is NC(=O)C1CCCN(C(=O)c2cc(OCC(F)(F)F)ccc2[N+](=O)[O-])C1. The third kappa shape index (κ3) is 4.83. The lowest BCUT2D eigenvalue weighted by molar-refractivity contribution is -0.385. The lowest BCUT2D eigenvalue weighted by Gasteiger charge is -2.31. The predicted molar refractivity (Wildman–Crippen MR) is 82.5 cm³/mol. The molecule has 0 spiro atoms. The van der Waals surface area contributed by atoms with E-state index in [4.69, 9.17) is 5.73 Å². The maximum Gasteiger partial charge on any atom is 0.422 e. The van der Waals surface area contributed by atoms with E-state index in [1.807, 2.05) is 0 Å². The zero-order valence-electron chi connectivity index (χ0n) is 13.5. The van der Waals surface area contributed by atoms with Gasteiger partial charge in [0, 0.05) is 19.2 Å². The second kappa shape index (κ2) is 7.58. The fourth-order valence-corrected chi connectivity index (χ4v) is 2.66. The highest BCUT2D eigenvalue weighted by atomic mass is 19.4. The van der Waals surface area contributed by atoms with E-state index >= 15 is 0 Å². The number of nitrogens with zero attached hydrogens (tertiary/aromatic N) is 2.